The van der Waals surface area contributed by atoms with Gasteiger partial charge in [-0.15, -0.1) is 11.3 Å². The SMILES string of the molecule is O=C(O)CN(C(=O)c1cc(Cl)sc1Cl)c1cccc(Cl)c1. The summed E-state index contributed by atoms with van der Waals surface area (Å²) in [5.74, 6) is -1.70. The van der Waals surface area contributed by atoms with Gasteiger partial charge in [0, 0.05) is 10.7 Å². The van der Waals surface area contributed by atoms with E-state index >= 15 is 0 Å². The second-order valence-electron chi connectivity index (χ2n) is 4.00. The molecule has 2 rings (SSSR count). The number of amides is 1. The molecule has 0 fully saturated rings. The van der Waals surface area contributed by atoms with Crippen LogP contribution in [0.3, 0.4) is 0 Å². The first-order chi connectivity index (χ1) is 9.88. The Hall–Kier alpha value is -1.27. The molecule has 0 saturated heterocycles. The molecule has 2 aromatic rings. The Morgan fingerprint density at radius 3 is 2.43 bits per heavy atom. The van der Waals surface area contributed by atoms with E-state index in [0.717, 1.165) is 16.2 Å². The lowest BCUT2D eigenvalue weighted by atomic mass is 10.2. The molecule has 1 aromatic carbocycles. The number of carbonyl (C=O) groups is 2. The van der Waals surface area contributed by atoms with Crippen molar-refractivity contribution in [3.05, 3.63) is 49.6 Å². The Labute approximate surface area is 139 Å². The van der Waals surface area contributed by atoms with Crippen LogP contribution in [0.5, 0.6) is 0 Å². The van der Waals surface area contributed by atoms with Crippen molar-refractivity contribution in [3.63, 3.8) is 0 Å². The molecule has 0 saturated carbocycles. The van der Waals surface area contributed by atoms with Crippen molar-refractivity contribution < 1.29 is 14.7 Å². The number of benzene rings is 1. The van der Waals surface area contributed by atoms with Gasteiger partial charge in [0.15, 0.2) is 0 Å². The molecule has 0 bridgehead atoms. The second-order valence-corrected chi connectivity index (χ2v) is 6.72. The molecule has 0 aliphatic rings. The predicted molar refractivity (Wildman–Crippen MR) is 85.1 cm³/mol. The maximum atomic E-state index is 12.5. The van der Waals surface area contributed by atoms with Crippen LogP contribution < -0.4 is 4.90 Å². The number of hydrogen-bond donors (Lipinski definition) is 1. The highest BCUT2D eigenvalue weighted by Crippen LogP contribution is 2.33. The standard InChI is InChI=1S/C13H8Cl3NO3S/c14-7-2-1-3-8(4-7)17(6-11(18)19)13(20)9-5-10(15)21-12(9)16/h1-5H,6H2,(H,18,19). The summed E-state index contributed by atoms with van der Waals surface area (Å²) in [7, 11) is 0. The van der Waals surface area contributed by atoms with Crippen LogP contribution in [0.15, 0.2) is 30.3 Å². The lowest BCUT2D eigenvalue weighted by Crippen LogP contribution is -2.35. The summed E-state index contributed by atoms with van der Waals surface area (Å²) >= 11 is 18.7. The fourth-order valence-electron chi connectivity index (χ4n) is 1.69. The average Bonchev–Trinajstić information content (AvgIpc) is 2.74. The van der Waals surface area contributed by atoms with Gasteiger partial charge in [-0.1, -0.05) is 40.9 Å². The zero-order valence-corrected chi connectivity index (χ0v) is 13.4. The largest absolute Gasteiger partial charge is 0.480 e. The summed E-state index contributed by atoms with van der Waals surface area (Å²) in [6, 6.07) is 7.76. The number of thiophene rings is 1. The van der Waals surface area contributed by atoms with E-state index in [1.54, 1.807) is 18.2 Å². The van der Waals surface area contributed by atoms with Gasteiger partial charge in [-0.05, 0) is 24.3 Å². The molecule has 0 aliphatic carbocycles. The van der Waals surface area contributed by atoms with Crippen LogP contribution in [0, 0.1) is 0 Å². The molecule has 0 radical (unpaired) electrons. The third-order valence-electron chi connectivity index (χ3n) is 2.55. The first-order valence-electron chi connectivity index (χ1n) is 5.62. The van der Waals surface area contributed by atoms with Gasteiger partial charge in [-0.25, -0.2) is 0 Å². The van der Waals surface area contributed by atoms with E-state index < -0.39 is 18.4 Å². The highest BCUT2D eigenvalue weighted by Gasteiger charge is 2.24. The summed E-state index contributed by atoms with van der Waals surface area (Å²) < 4.78 is 0.562. The number of carbonyl (C=O) groups excluding carboxylic acids is 1. The van der Waals surface area contributed by atoms with Crippen LogP contribution in [0.4, 0.5) is 5.69 Å². The van der Waals surface area contributed by atoms with E-state index in [4.69, 9.17) is 39.9 Å². The van der Waals surface area contributed by atoms with Crippen molar-refractivity contribution in [2.75, 3.05) is 11.4 Å². The van der Waals surface area contributed by atoms with E-state index in [0.29, 0.717) is 15.0 Å². The molecule has 8 heteroatoms. The third-order valence-corrected chi connectivity index (χ3v) is 4.27. The molecular formula is C13H8Cl3NO3S. The molecule has 21 heavy (non-hydrogen) atoms. The Kier molecular flexibility index (Phi) is 5.11. The number of halogens is 3. The number of hydrogen-bond acceptors (Lipinski definition) is 3. The minimum Gasteiger partial charge on any atom is -0.480 e. The van der Waals surface area contributed by atoms with Gasteiger partial charge in [-0.3, -0.25) is 14.5 Å². The lowest BCUT2D eigenvalue weighted by molar-refractivity contribution is -0.135. The topological polar surface area (TPSA) is 57.6 Å². The van der Waals surface area contributed by atoms with Crippen LogP contribution >= 0.6 is 46.1 Å². The van der Waals surface area contributed by atoms with Gasteiger partial charge in [0.05, 0.1) is 9.90 Å². The number of anilines is 1. The van der Waals surface area contributed by atoms with Crippen LogP contribution in [-0.2, 0) is 4.79 Å². The number of carboxylic acids is 1. The monoisotopic (exact) mass is 363 g/mol. The minimum atomic E-state index is -1.15. The van der Waals surface area contributed by atoms with Gasteiger partial charge in [0.2, 0.25) is 0 Å². The summed E-state index contributed by atoms with van der Waals surface area (Å²) in [6.45, 7) is -0.511. The van der Waals surface area contributed by atoms with Crippen molar-refractivity contribution in [1.29, 1.82) is 0 Å². The number of nitrogens with zero attached hydrogens (tertiary/aromatic N) is 1. The number of aliphatic carboxylic acids is 1. The Morgan fingerprint density at radius 1 is 1.19 bits per heavy atom. The van der Waals surface area contributed by atoms with E-state index in [-0.39, 0.29) is 9.90 Å². The maximum absolute atomic E-state index is 12.5. The number of carboxylic acid groups (broad SMARTS) is 1. The van der Waals surface area contributed by atoms with Gasteiger partial charge in [0.1, 0.15) is 10.9 Å². The van der Waals surface area contributed by atoms with Crippen molar-refractivity contribution >= 4 is 63.7 Å². The van der Waals surface area contributed by atoms with E-state index in [2.05, 4.69) is 0 Å². The van der Waals surface area contributed by atoms with Crippen molar-refractivity contribution in [2.24, 2.45) is 0 Å². The summed E-state index contributed by atoms with van der Waals surface area (Å²) in [5, 5.41) is 9.40. The molecule has 0 unspecified atom stereocenters. The third kappa shape index (κ3) is 3.89. The normalized spacial score (nSPS) is 10.4. The van der Waals surface area contributed by atoms with Crippen molar-refractivity contribution in [3.8, 4) is 0 Å². The van der Waals surface area contributed by atoms with Crippen LogP contribution in [-0.4, -0.2) is 23.5 Å². The summed E-state index contributed by atoms with van der Waals surface area (Å²) in [6.07, 6.45) is 0. The summed E-state index contributed by atoms with van der Waals surface area (Å²) in [5.41, 5.74) is 0.529. The molecule has 1 amide bonds. The minimum absolute atomic E-state index is 0.160. The first-order valence-corrected chi connectivity index (χ1v) is 7.57. The zero-order valence-electron chi connectivity index (χ0n) is 10.3. The molecule has 1 N–H and O–H groups in total. The summed E-state index contributed by atoms with van der Waals surface area (Å²) in [4.78, 5) is 24.6. The molecule has 110 valence electrons. The fraction of sp³-hybridized carbons (Fsp3) is 0.0769. The quantitative estimate of drug-likeness (QED) is 0.872. The predicted octanol–water partition coefficient (Wildman–Crippen LogP) is 4.44. The highest BCUT2D eigenvalue weighted by molar-refractivity contribution is 7.20. The van der Waals surface area contributed by atoms with Gasteiger partial charge in [-0.2, -0.15) is 0 Å². The highest BCUT2D eigenvalue weighted by atomic mass is 35.5. The lowest BCUT2D eigenvalue weighted by Gasteiger charge is -2.20. The first kappa shape index (κ1) is 16.1. The van der Waals surface area contributed by atoms with Crippen LogP contribution in [0.2, 0.25) is 13.7 Å². The molecule has 0 aliphatic heterocycles. The zero-order chi connectivity index (χ0) is 15.6. The molecular weight excluding hydrogens is 357 g/mol. The van der Waals surface area contributed by atoms with Crippen molar-refractivity contribution in [1.82, 2.24) is 0 Å². The maximum Gasteiger partial charge on any atom is 0.323 e. The second kappa shape index (κ2) is 6.66. The fourth-order valence-corrected chi connectivity index (χ4v) is 3.32. The average molecular weight is 365 g/mol. The Morgan fingerprint density at radius 2 is 1.90 bits per heavy atom. The van der Waals surface area contributed by atoms with Crippen LogP contribution in [0.25, 0.3) is 0 Å². The van der Waals surface area contributed by atoms with Gasteiger partial charge < -0.3 is 5.11 Å². The Balaban J connectivity index is 2.43. The smallest absolute Gasteiger partial charge is 0.323 e. The molecule has 1 aromatic heterocycles. The van der Waals surface area contributed by atoms with E-state index in [9.17, 15) is 9.59 Å². The van der Waals surface area contributed by atoms with Gasteiger partial charge >= 0.3 is 5.97 Å². The van der Waals surface area contributed by atoms with Crippen molar-refractivity contribution in [2.45, 2.75) is 0 Å². The Bertz CT molecular complexity index is 702. The molecule has 4 nitrogen and oxygen atoms in total. The molecule has 0 atom stereocenters. The van der Waals surface area contributed by atoms with E-state index in [1.807, 2.05) is 0 Å². The van der Waals surface area contributed by atoms with Crippen LogP contribution in [0.1, 0.15) is 10.4 Å². The molecule has 0 spiro atoms. The van der Waals surface area contributed by atoms with Gasteiger partial charge in [0.25, 0.3) is 5.91 Å². The number of rotatable bonds is 4. The molecule has 1 heterocycles. The van der Waals surface area contributed by atoms with E-state index in [1.165, 1.54) is 12.1 Å².